The van der Waals surface area contributed by atoms with Crippen molar-refractivity contribution in [3.05, 3.63) is 47.9 Å². The van der Waals surface area contributed by atoms with Gasteiger partial charge in [-0.2, -0.15) is 4.98 Å². The number of ether oxygens (including phenoxy) is 4. The van der Waals surface area contributed by atoms with Gasteiger partial charge in [0.2, 0.25) is 17.6 Å². The lowest BCUT2D eigenvalue weighted by molar-refractivity contribution is -0.127. The number of aromatic nitrogens is 2. The molecular weight excluding hydrogens is 488 g/mol. The smallest absolute Gasteiger partial charge is 0.241 e. The molecule has 1 amide bonds. The van der Waals surface area contributed by atoms with Gasteiger partial charge in [0.15, 0.2) is 23.0 Å². The van der Waals surface area contributed by atoms with Crippen LogP contribution in [0.1, 0.15) is 43.7 Å². The molecule has 1 saturated heterocycles. The average Bonchev–Trinajstić information content (AvgIpc) is 3.43. The Bertz CT molecular complexity index is 1220. The van der Waals surface area contributed by atoms with E-state index in [9.17, 15) is 4.79 Å². The first-order valence-electron chi connectivity index (χ1n) is 12.8. The molecule has 1 aliphatic rings. The lowest BCUT2D eigenvalue weighted by Gasteiger charge is -2.31. The van der Waals surface area contributed by atoms with Gasteiger partial charge in [0.05, 0.1) is 41.0 Å². The van der Waals surface area contributed by atoms with Crippen LogP contribution in [-0.2, 0) is 11.3 Å². The normalized spacial score (nSPS) is 15.1. The summed E-state index contributed by atoms with van der Waals surface area (Å²) in [6, 6.07) is 11.2. The third kappa shape index (κ3) is 6.19. The van der Waals surface area contributed by atoms with Gasteiger partial charge in [-0.25, -0.2) is 0 Å². The highest BCUT2D eigenvalue weighted by molar-refractivity contribution is 5.79. The SMILES string of the molecule is CCC(NC(=O)C1CCN(Cc2nc(-c3ccc(OC)c(OC)c3)no2)CC1)c1ccc(OC)c(OC)c1. The maximum Gasteiger partial charge on any atom is 0.241 e. The summed E-state index contributed by atoms with van der Waals surface area (Å²) in [5, 5.41) is 7.36. The highest BCUT2D eigenvalue weighted by Crippen LogP contribution is 2.32. The van der Waals surface area contributed by atoms with E-state index in [1.807, 2.05) is 36.4 Å². The van der Waals surface area contributed by atoms with E-state index < -0.39 is 0 Å². The Morgan fingerprint density at radius 2 is 1.61 bits per heavy atom. The summed E-state index contributed by atoms with van der Waals surface area (Å²) >= 11 is 0. The number of methoxy groups -OCH3 is 4. The van der Waals surface area contributed by atoms with Crippen molar-refractivity contribution < 1.29 is 28.3 Å². The Balaban J connectivity index is 1.31. The van der Waals surface area contributed by atoms with E-state index in [0.29, 0.717) is 41.3 Å². The average molecular weight is 525 g/mol. The number of rotatable bonds is 11. The molecule has 204 valence electrons. The molecule has 1 fully saturated rings. The van der Waals surface area contributed by atoms with Crippen LogP contribution < -0.4 is 24.3 Å². The zero-order valence-corrected chi connectivity index (χ0v) is 22.7. The molecule has 10 heteroatoms. The molecule has 1 atom stereocenters. The van der Waals surface area contributed by atoms with Gasteiger partial charge in [-0.1, -0.05) is 18.1 Å². The highest BCUT2D eigenvalue weighted by Gasteiger charge is 2.28. The van der Waals surface area contributed by atoms with E-state index in [4.69, 9.17) is 23.5 Å². The second-order valence-electron chi connectivity index (χ2n) is 9.22. The molecule has 4 rings (SSSR count). The van der Waals surface area contributed by atoms with Gasteiger partial charge in [0, 0.05) is 11.5 Å². The molecule has 2 heterocycles. The Kier molecular flexibility index (Phi) is 9.06. The minimum atomic E-state index is -0.0891. The van der Waals surface area contributed by atoms with E-state index in [0.717, 1.165) is 43.5 Å². The van der Waals surface area contributed by atoms with Crippen LogP contribution in [0.2, 0.25) is 0 Å². The number of piperidine rings is 1. The molecule has 0 aliphatic carbocycles. The summed E-state index contributed by atoms with van der Waals surface area (Å²) in [6.45, 7) is 4.15. The van der Waals surface area contributed by atoms with Crippen molar-refractivity contribution in [2.24, 2.45) is 5.92 Å². The summed E-state index contributed by atoms with van der Waals surface area (Å²) in [4.78, 5) is 19.9. The van der Waals surface area contributed by atoms with Crippen LogP contribution in [0.3, 0.4) is 0 Å². The first-order valence-corrected chi connectivity index (χ1v) is 12.8. The third-order valence-electron chi connectivity index (χ3n) is 6.96. The van der Waals surface area contributed by atoms with Crippen molar-refractivity contribution >= 4 is 5.91 Å². The Morgan fingerprint density at radius 1 is 0.974 bits per heavy atom. The van der Waals surface area contributed by atoms with Crippen molar-refractivity contribution in [2.75, 3.05) is 41.5 Å². The lowest BCUT2D eigenvalue weighted by atomic mass is 9.94. The molecule has 2 aromatic carbocycles. The number of benzene rings is 2. The maximum absolute atomic E-state index is 13.1. The molecule has 1 N–H and O–H groups in total. The van der Waals surface area contributed by atoms with Crippen LogP contribution in [0.15, 0.2) is 40.9 Å². The van der Waals surface area contributed by atoms with Crippen molar-refractivity contribution in [2.45, 2.75) is 38.8 Å². The van der Waals surface area contributed by atoms with Gasteiger partial charge in [0.1, 0.15) is 0 Å². The van der Waals surface area contributed by atoms with Gasteiger partial charge >= 0.3 is 0 Å². The second kappa shape index (κ2) is 12.6. The predicted octanol–water partition coefficient (Wildman–Crippen LogP) is 4.25. The standard InChI is InChI=1S/C28H36N4O6/c1-6-21(19-7-9-22(34-2)24(15-19)36-4)29-28(33)18-11-13-32(14-12-18)17-26-30-27(31-38-26)20-8-10-23(35-3)25(16-20)37-5/h7-10,15-16,18,21H,6,11-14,17H2,1-5H3,(H,29,33). The molecule has 0 bridgehead atoms. The minimum absolute atomic E-state index is 0.0366. The summed E-state index contributed by atoms with van der Waals surface area (Å²) < 4.78 is 26.9. The number of nitrogens with one attached hydrogen (secondary N) is 1. The first kappa shape index (κ1) is 27.3. The molecule has 1 unspecified atom stereocenters. The number of hydrogen-bond acceptors (Lipinski definition) is 9. The zero-order chi connectivity index (χ0) is 27.1. The van der Waals surface area contributed by atoms with Gasteiger partial charge in [-0.15, -0.1) is 0 Å². The monoisotopic (exact) mass is 524 g/mol. The molecule has 0 spiro atoms. The van der Waals surface area contributed by atoms with Crippen molar-refractivity contribution in [1.82, 2.24) is 20.4 Å². The van der Waals surface area contributed by atoms with E-state index in [2.05, 4.69) is 27.3 Å². The van der Waals surface area contributed by atoms with Crippen LogP contribution in [-0.4, -0.2) is 62.5 Å². The maximum atomic E-state index is 13.1. The fraction of sp³-hybridized carbons (Fsp3) is 0.464. The molecule has 10 nitrogen and oxygen atoms in total. The van der Waals surface area contributed by atoms with E-state index in [1.165, 1.54) is 0 Å². The minimum Gasteiger partial charge on any atom is -0.493 e. The Labute approximate surface area is 223 Å². The number of carbonyl (C=O) groups is 1. The predicted molar refractivity (Wildman–Crippen MR) is 142 cm³/mol. The van der Waals surface area contributed by atoms with Gasteiger partial charge in [-0.05, 0) is 68.2 Å². The summed E-state index contributed by atoms with van der Waals surface area (Å²) in [5.74, 6) is 3.65. The van der Waals surface area contributed by atoms with Crippen LogP contribution in [0.25, 0.3) is 11.4 Å². The summed E-state index contributed by atoms with van der Waals surface area (Å²) in [7, 11) is 6.40. The number of nitrogens with zero attached hydrogens (tertiary/aromatic N) is 3. The molecule has 0 saturated carbocycles. The van der Waals surface area contributed by atoms with E-state index in [1.54, 1.807) is 28.4 Å². The second-order valence-corrected chi connectivity index (χ2v) is 9.22. The molecule has 1 aliphatic heterocycles. The van der Waals surface area contributed by atoms with E-state index in [-0.39, 0.29) is 17.9 Å². The Morgan fingerprint density at radius 3 is 2.24 bits per heavy atom. The Hall–Kier alpha value is -3.79. The van der Waals surface area contributed by atoms with Crippen molar-refractivity contribution in [1.29, 1.82) is 0 Å². The molecule has 38 heavy (non-hydrogen) atoms. The highest BCUT2D eigenvalue weighted by atomic mass is 16.5. The van der Waals surface area contributed by atoms with E-state index >= 15 is 0 Å². The largest absolute Gasteiger partial charge is 0.493 e. The van der Waals surface area contributed by atoms with Crippen LogP contribution in [0, 0.1) is 5.92 Å². The van der Waals surface area contributed by atoms with Crippen molar-refractivity contribution in [3.63, 3.8) is 0 Å². The van der Waals surface area contributed by atoms with Gasteiger partial charge in [-0.3, -0.25) is 9.69 Å². The molecule has 0 radical (unpaired) electrons. The van der Waals surface area contributed by atoms with Crippen LogP contribution in [0.5, 0.6) is 23.0 Å². The van der Waals surface area contributed by atoms with Gasteiger partial charge in [0.25, 0.3) is 0 Å². The number of amides is 1. The summed E-state index contributed by atoms with van der Waals surface area (Å²) in [6.07, 6.45) is 2.31. The molecule has 1 aromatic heterocycles. The van der Waals surface area contributed by atoms with Gasteiger partial charge < -0.3 is 28.8 Å². The van der Waals surface area contributed by atoms with Crippen LogP contribution >= 0.6 is 0 Å². The zero-order valence-electron chi connectivity index (χ0n) is 22.7. The molecule has 3 aromatic rings. The fourth-order valence-electron chi connectivity index (χ4n) is 4.74. The molecular formula is C28H36N4O6. The lowest BCUT2D eigenvalue weighted by Crippen LogP contribution is -2.41. The quantitative estimate of drug-likeness (QED) is 0.394. The van der Waals surface area contributed by atoms with Crippen LogP contribution in [0.4, 0.5) is 0 Å². The number of likely N-dealkylation sites (tertiary alicyclic amines) is 1. The topological polar surface area (TPSA) is 108 Å². The fourth-order valence-corrected chi connectivity index (χ4v) is 4.74. The van der Waals surface area contributed by atoms with Crippen molar-refractivity contribution in [3.8, 4) is 34.4 Å². The number of carbonyl (C=O) groups excluding carboxylic acids is 1. The third-order valence-corrected chi connectivity index (χ3v) is 6.96. The number of hydrogen-bond donors (Lipinski definition) is 1. The summed E-state index contributed by atoms with van der Waals surface area (Å²) in [5.41, 5.74) is 1.78. The first-order chi connectivity index (χ1) is 18.5.